The first-order valence-electron chi connectivity index (χ1n) is 10.9. The number of amides is 2. The van der Waals surface area contributed by atoms with Gasteiger partial charge < -0.3 is 9.84 Å². The highest BCUT2D eigenvalue weighted by atomic mass is 16.5. The van der Waals surface area contributed by atoms with Gasteiger partial charge >= 0.3 is 0 Å². The number of aliphatic hydroxyl groups is 1. The highest BCUT2D eigenvalue weighted by Gasteiger charge is 2.40. The van der Waals surface area contributed by atoms with E-state index in [2.05, 4.69) is 10.2 Å². The van der Waals surface area contributed by atoms with Gasteiger partial charge in [-0.25, -0.2) is 0 Å². The second kappa shape index (κ2) is 7.70. The molecule has 29 heavy (non-hydrogen) atoms. The first-order chi connectivity index (χ1) is 14.1. The molecule has 2 amide bonds. The van der Waals surface area contributed by atoms with E-state index in [1.54, 1.807) is 4.90 Å². The lowest BCUT2D eigenvalue weighted by Crippen LogP contribution is -2.51. The van der Waals surface area contributed by atoms with Gasteiger partial charge in [-0.15, -0.1) is 0 Å². The fourth-order valence-electron chi connectivity index (χ4n) is 5.49. The third kappa shape index (κ3) is 3.56. The number of likely N-dealkylation sites (tertiary alicyclic amines) is 1. The molecule has 3 fully saturated rings. The molecule has 0 radical (unpaired) electrons. The molecule has 7 heteroatoms. The number of ether oxygens (including phenoxy) is 1. The second-order valence-corrected chi connectivity index (χ2v) is 8.77. The molecule has 1 aliphatic carbocycles. The zero-order chi connectivity index (χ0) is 20.0. The summed E-state index contributed by atoms with van der Waals surface area (Å²) in [7, 11) is 0. The number of imide groups is 1. The number of hydrogen-bond donors (Lipinski definition) is 2. The Kier molecular flexibility index (Phi) is 5.05. The van der Waals surface area contributed by atoms with Gasteiger partial charge in [-0.3, -0.25) is 24.7 Å². The highest BCUT2D eigenvalue weighted by Crippen LogP contribution is 2.38. The molecule has 7 nitrogen and oxygen atoms in total. The van der Waals surface area contributed by atoms with Crippen molar-refractivity contribution in [3.63, 3.8) is 0 Å². The van der Waals surface area contributed by atoms with Crippen molar-refractivity contribution in [2.24, 2.45) is 0 Å². The van der Waals surface area contributed by atoms with Gasteiger partial charge in [0.1, 0.15) is 18.1 Å². The van der Waals surface area contributed by atoms with Crippen LogP contribution in [0.5, 0.6) is 5.75 Å². The molecule has 156 valence electrons. The Morgan fingerprint density at radius 1 is 1.07 bits per heavy atom. The Morgan fingerprint density at radius 2 is 1.90 bits per heavy atom. The maximum Gasteiger partial charge on any atom is 0.244 e. The number of fused-ring (bicyclic) bond motifs is 1. The molecule has 4 atom stereocenters. The molecule has 1 aromatic rings. The Morgan fingerprint density at radius 3 is 2.69 bits per heavy atom. The lowest BCUT2D eigenvalue weighted by molar-refractivity contribution is -0.141. The summed E-state index contributed by atoms with van der Waals surface area (Å²) in [6.45, 7) is 2.85. The van der Waals surface area contributed by atoms with Gasteiger partial charge in [0, 0.05) is 24.6 Å². The molecule has 3 heterocycles. The van der Waals surface area contributed by atoms with Crippen LogP contribution in [-0.2, 0) is 16.1 Å². The van der Waals surface area contributed by atoms with Crippen molar-refractivity contribution >= 4 is 11.8 Å². The summed E-state index contributed by atoms with van der Waals surface area (Å²) in [5.41, 5.74) is 1.82. The first-order valence-corrected chi connectivity index (χ1v) is 10.9. The molecule has 1 aromatic carbocycles. The Hall–Kier alpha value is -1.96. The van der Waals surface area contributed by atoms with Crippen LogP contribution in [0.2, 0.25) is 0 Å². The Bertz CT molecular complexity index is 807. The molecular formula is C22H29N3O4. The molecule has 0 aromatic heterocycles. The lowest BCUT2D eigenvalue weighted by atomic mass is 10.0. The molecule has 2 N–H and O–H groups in total. The number of benzene rings is 1. The predicted molar refractivity (Wildman–Crippen MR) is 106 cm³/mol. The quantitative estimate of drug-likeness (QED) is 0.750. The van der Waals surface area contributed by atoms with Crippen molar-refractivity contribution in [3.05, 3.63) is 29.3 Å². The van der Waals surface area contributed by atoms with Crippen molar-refractivity contribution in [1.82, 2.24) is 15.1 Å². The van der Waals surface area contributed by atoms with Gasteiger partial charge in [-0.05, 0) is 69.3 Å². The van der Waals surface area contributed by atoms with E-state index >= 15 is 0 Å². The smallest absolute Gasteiger partial charge is 0.244 e. The summed E-state index contributed by atoms with van der Waals surface area (Å²) < 4.78 is 6.41. The van der Waals surface area contributed by atoms with E-state index in [-0.39, 0.29) is 17.9 Å². The van der Waals surface area contributed by atoms with Gasteiger partial charge in [0.25, 0.3) is 0 Å². The molecule has 3 aliphatic heterocycles. The largest absolute Gasteiger partial charge is 0.489 e. The minimum atomic E-state index is -0.827. The average molecular weight is 399 g/mol. The number of nitrogens with one attached hydrogen (secondary N) is 1. The monoisotopic (exact) mass is 399 g/mol. The minimum absolute atomic E-state index is 0.226. The number of rotatable bonds is 4. The van der Waals surface area contributed by atoms with Crippen LogP contribution in [0, 0.1) is 0 Å². The van der Waals surface area contributed by atoms with Gasteiger partial charge in [0.15, 0.2) is 0 Å². The Labute approximate surface area is 171 Å². The number of nitrogens with zero attached hydrogens (tertiary/aromatic N) is 2. The van der Waals surface area contributed by atoms with Gasteiger partial charge in [-0.2, -0.15) is 0 Å². The van der Waals surface area contributed by atoms with E-state index in [1.807, 2.05) is 18.2 Å². The minimum Gasteiger partial charge on any atom is -0.489 e. The van der Waals surface area contributed by atoms with Crippen LogP contribution in [0.25, 0.3) is 0 Å². The summed E-state index contributed by atoms with van der Waals surface area (Å²) in [6.07, 6.45) is 6.23. The zero-order valence-electron chi connectivity index (χ0n) is 16.7. The van der Waals surface area contributed by atoms with Crippen molar-refractivity contribution in [3.8, 4) is 5.75 Å². The van der Waals surface area contributed by atoms with Crippen LogP contribution in [0.1, 0.15) is 62.3 Å². The molecule has 1 saturated carbocycles. The van der Waals surface area contributed by atoms with E-state index in [0.29, 0.717) is 25.4 Å². The van der Waals surface area contributed by atoms with Crippen molar-refractivity contribution in [2.75, 3.05) is 13.1 Å². The highest BCUT2D eigenvalue weighted by molar-refractivity contribution is 6.00. The molecule has 0 spiro atoms. The molecule has 0 bridgehead atoms. The third-order valence-electron chi connectivity index (χ3n) is 6.98. The van der Waals surface area contributed by atoms with Gasteiger partial charge in [0.05, 0.1) is 6.04 Å². The summed E-state index contributed by atoms with van der Waals surface area (Å²) in [6, 6.07) is 5.91. The summed E-state index contributed by atoms with van der Waals surface area (Å²) >= 11 is 0. The van der Waals surface area contributed by atoms with Crippen LogP contribution >= 0.6 is 0 Å². The van der Waals surface area contributed by atoms with Crippen LogP contribution in [0.15, 0.2) is 18.2 Å². The van der Waals surface area contributed by atoms with E-state index in [4.69, 9.17) is 4.74 Å². The maximum atomic E-state index is 12.2. The SMILES string of the molecule is O=C1CCC(N2Cc3cc(OC4CCCC4N4CCCC4)ccc3C2O)C(=O)N1. The normalized spacial score (nSPS) is 33.1. The zero-order valence-corrected chi connectivity index (χ0v) is 16.7. The number of aliphatic hydroxyl groups excluding tert-OH is 1. The third-order valence-corrected chi connectivity index (χ3v) is 6.98. The summed E-state index contributed by atoms with van der Waals surface area (Å²) in [5, 5.41) is 13.1. The fourth-order valence-corrected chi connectivity index (χ4v) is 5.49. The van der Waals surface area contributed by atoms with Crippen molar-refractivity contribution in [1.29, 1.82) is 0 Å². The number of piperidine rings is 1. The molecule has 4 unspecified atom stereocenters. The van der Waals surface area contributed by atoms with E-state index in [9.17, 15) is 14.7 Å². The number of carbonyl (C=O) groups excluding carboxylic acids is 2. The second-order valence-electron chi connectivity index (χ2n) is 8.77. The molecule has 2 saturated heterocycles. The van der Waals surface area contributed by atoms with Crippen LogP contribution in [0.4, 0.5) is 0 Å². The standard InChI is InChI=1S/C22H29N3O4/c26-20-9-8-18(21(27)23-20)25-13-14-12-15(6-7-16(14)22(25)28)29-19-5-3-4-17(19)24-10-1-2-11-24/h6-7,12,17-19,22,28H,1-5,8-11,13H2,(H,23,26,27). The van der Waals surface area contributed by atoms with Crippen LogP contribution in [-0.4, -0.2) is 58.0 Å². The van der Waals surface area contributed by atoms with E-state index in [1.165, 1.54) is 38.8 Å². The van der Waals surface area contributed by atoms with Crippen LogP contribution in [0.3, 0.4) is 0 Å². The molecule has 5 rings (SSSR count). The summed E-state index contributed by atoms with van der Waals surface area (Å²) in [5.74, 6) is 0.290. The fraction of sp³-hybridized carbons (Fsp3) is 0.636. The van der Waals surface area contributed by atoms with E-state index in [0.717, 1.165) is 23.3 Å². The predicted octanol–water partition coefficient (Wildman–Crippen LogP) is 1.69. The number of carbonyl (C=O) groups is 2. The number of hydrogen-bond acceptors (Lipinski definition) is 6. The van der Waals surface area contributed by atoms with Gasteiger partial charge in [-0.1, -0.05) is 6.07 Å². The Balaban J connectivity index is 1.29. The summed E-state index contributed by atoms with van der Waals surface area (Å²) in [4.78, 5) is 28.0. The van der Waals surface area contributed by atoms with Crippen molar-refractivity contribution < 1.29 is 19.4 Å². The lowest BCUT2D eigenvalue weighted by Gasteiger charge is -2.31. The maximum absolute atomic E-state index is 12.2. The van der Waals surface area contributed by atoms with E-state index < -0.39 is 12.3 Å². The molecule has 4 aliphatic rings. The van der Waals surface area contributed by atoms with Gasteiger partial charge in [0.2, 0.25) is 11.8 Å². The van der Waals surface area contributed by atoms with Crippen LogP contribution < -0.4 is 10.1 Å². The molecular weight excluding hydrogens is 370 g/mol. The topological polar surface area (TPSA) is 82.1 Å². The average Bonchev–Trinajstić information content (AvgIpc) is 3.43. The van der Waals surface area contributed by atoms with Crippen molar-refractivity contribution in [2.45, 2.75) is 75.9 Å². The first kappa shape index (κ1) is 19.0.